The molecular formula is C16H10N2Na2O7S2. The summed E-state index contributed by atoms with van der Waals surface area (Å²) in [5.74, 6) is -0.306. The van der Waals surface area contributed by atoms with Crippen LogP contribution in [0.1, 0.15) is 0 Å². The monoisotopic (exact) mass is 452 g/mol. The topological polar surface area (TPSA) is 157 Å². The molecule has 9 nitrogen and oxygen atoms in total. The number of aromatic hydroxyl groups is 1. The summed E-state index contributed by atoms with van der Waals surface area (Å²) in [4.78, 5) is -0.968. The quantitative estimate of drug-likeness (QED) is 0.184. The van der Waals surface area contributed by atoms with Gasteiger partial charge in [0.25, 0.3) is 0 Å². The first-order valence-electron chi connectivity index (χ1n) is 7.18. The van der Waals surface area contributed by atoms with Crippen molar-refractivity contribution in [2.75, 3.05) is 0 Å². The van der Waals surface area contributed by atoms with E-state index in [4.69, 9.17) is 0 Å². The van der Waals surface area contributed by atoms with Crippen LogP contribution in [0.3, 0.4) is 0 Å². The zero-order valence-corrected chi connectivity index (χ0v) is 20.9. The summed E-state index contributed by atoms with van der Waals surface area (Å²) in [6, 6.07) is 12.2. The molecule has 0 bridgehead atoms. The van der Waals surface area contributed by atoms with Gasteiger partial charge in [-0.2, -0.15) is 23.3 Å². The third-order valence-electron chi connectivity index (χ3n) is 3.57. The Balaban J connectivity index is 0.00000210. The Morgan fingerprint density at radius 2 is 1.66 bits per heavy atom. The van der Waals surface area contributed by atoms with Crippen molar-refractivity contribution >= 4 is 42.4 Å². The predicted molar refractivity (Wildman–Crippen MR) is 92.8 cm³/mol. The summed E-state index contributed by atoms with van der Waals surface area (Å²) in [7, 11) is -9.22. The molecule has 0 fully saturated rings. The second kappa shape index (κ2) is 9.96. The Morgan fingerprint density at radius 3 is 2.28 bits per heavy atom. The second-order valence-corrected chi connectivity index (χ2v) is 8.11. The van der Waals surface area contributed by atoms with Crippen molar-refractivity contribution in [3.63, 3.8) is 0 Å². The maximum absolute atomic E-state index is 11.4. The van der Waals surface area contributed by atoms with E-state index in [0.717, 1.165) is 18.2 Å². The normalized spacial score (nSPS) is 11.8. The molecule has 140 valence electrons. The van der Waals surface area contributed by atoms with Gasteiger partial charge in [-0.25, -0.2) is 16.8 Å². The van der Waals surface area contributed by atoms with E-state index >= 15 is 0 Å². The van der Waals surface area contributed by atoms with Crippen LogP contribution in [0.15, 0.2) is 68.6 Å². The molecule has 0 atom stereocenters. The van der Waals surface area contributed by atoms with Crippen LogP contribution in [0.5, 0.6) is 5.75 Å². The molecule has 0 aromatic heterocycles. The van der Waals surface area contributed by atoms with Crippen LogP contribution in [0.4, 0.5) is 11.4 Å². The molecule has 0 unspecified atom stereocenters. The summed E-state index contributed by atoms with van der Waals surface area (Å²) in [5, 5.41) is 18.2. The van der Waals surface area contributed by atoms with Crippen LogP contribution in [-0.4, -0.2) is 31.0 Å². The molecule has 0 amide bonds. The Bertz CT molecular complexity index is 1290. The molecule has 0 saturated carbocycles. The summed E-state index contributed by atoms with van der Waals surface area (Å²) in [5.41, 5.74) is -0.261. The van der Waals surface area contributed by atoms with Gasteiger partial charge in [0.2, 0.25) is 10.1 Å². The van der Waals surface area contributed by atoms with Crippen LogP contribution in [-0.2, 0) is 20.2 Å². The van der Waals surface area contributed by atoms with Crippen molar-refractivity contribution in [3.05, 3.63) is 54.6 Å². The van der Waals surface area contributed by atoms with Crippen molar-refractivity contribution in [2.45, 2.75) is 9.79 Å². The van der Waals surface area contributed by atoms with Crippen molar-refractivity contribution in [3.8, 4) is 5.75 Å². The van der Waals surface area contributed by atoms with Crippen molar-refractivity contribution in [2.24, 2.45) is 10.2 Å². The number of fused-ring (bicyclic) bond motifs is 1. The van der Waals surface area contributed by atoms with Gasteiger partial charge in [0.1, 0.15) is 21.6 Å². The molecule has 0 aliphatic carbocycles. The number of benzene rings is 3. The standard InChI is InChI=1S/C16H11N2O7S2.2Na/c19-14-8-5-10-9-11(26(20,21)22)6-7-12(10)16(14)18-17-13-3-1-2-4-15(13)27(23,24)25;;/h1,3-9,19H,(H,20,21,22)(H,23,24,25);;/q-1;2*+1/p-1. The van der Waals surface area contributed by atoms with E-state index in [1.54, 1.807) is 0 Å². The smallest absolute Gasteiger partial charge is 0.744 e. The Kier molecular flexibility index (Phi) is 8.99. The molecular weight excluding hydrogens is 442 g/mol. The van der Waals surface area contributed by atoms with E-state index in [1.165, 1.54) is 30.3 Å². The fraction of sp³-hybridized carbons (Fsp3) is 0. The summed E-state index contributed by atoms with van der Waals surface area (Å²) in [6.45, 7) is 0. The molecule has 29 heavy (non-hydrogen) atoms. The van der Waals surface area contributed by atoms with Gasteiger partial charge in [-0.05, 0) is 29.3 Å². The average molecular weight is 452 g/mol. The molecule has 13 heteroatoms. The van der Waals surface area contributed by atoms with Crippen LogP contribution in [0.2, 0.25) is 0 Å². The largest absolute Gasteiger partial charge is 1.00 e. The number of rotatable bonds is 4. The number of azo groups is 1. The first-order chi connectivity index (χ1) is 12.6. The molecule has 0 aliphatic heterocycles. The Morgan fingerprint density at radius 1 is 0.966 bits per heavy atom. The SMILES string of the molecule is O=S(=O)([O-])c1ccc2c(N=Nc3cc[c-]cc3S(=O)(=O)O)c(O)ccc2c1.[Na+].[Na+]. The van der Waals surface area contributed by atoms with E-state index in [0.29, 0.717) is 5.39 Å². The van der Waals surface area contributed by atoms with Gasteiger partial charge in [-0.15, -0.1) is 11.2 Å². The number of phenolic OH excluding ortho intramolecular Hbond substituents is 1. The number of hydrogen-bond donors (Lipinski definition) is 2. The van der Waals surface area contributed by atoms with E-state index in [1.807, 2.05) is 0 Å². The predicted octanol–water partition coefficient (Wildman–Crippen LogP) is -3.08. The third kappa shape index (κ3) is 6.07. The van der Waals surface area contributed by atoms with Crippen molar-refractivity contribution in [1.82, 2.24) is 0 Å². The van der Waals surface area contributed by atoms with E-state index in [-0.39, 0.29) is 81.6 Å². The minimum absolute atomic E-state index is 0. The van der Waals surface area contributed by atoms with Gasteiger partial charge in [0.05, 0.1) is 4.90 Å². The molecule has 0 saturated heterocycles. The molecule has 2 N–H and O–H groups in total. The first-order valence-corrected chi connectivity index (χ1v) is 10.0. The first kappa shape index (κ1) is 26.2. The molecule has 3 aromatic carbocycles. The fourth-order valence-corrected chi connectivity index (χ4v) is 3.44. The van der Waals surface area contributed by atoms with Gasteiger partial charge in [0, 0.05) is 10.3 Å². The van der Waals surface area contributed by atoms with Gasteiger partial charge in [-0.1, -0.05) is 12.1 Å². The van der Waals surface area contributed by atoms with Crippen molar-refractivity contribution in [1.29, 1.82) is 0 Å². The van der Waals surface area contributed by atoms with Gasteiger partial charge in [-0.3, -0.25) is 4.55 Å². The third-order valence-corrected chi connectivity index (χ3v) is 5.28. The molecule has 0 spiro atoms. The van der Waals surface area contributed by atoms with Gasteiger partial charge in [0.15, 0.2) is 0 Å². The molecule has 0 radical (unpaired) electrons. The molecule has 0 heterocycles. The fourth-order valence-electron chi connectivity index (χ4n) is 2.34. The van der Waals surface area contributed by atoms with Gasteiger partial charge >= 0.3 is 59.1 Å². The minimum atomic E-state index is -4.66. The van der Waals surface area contributed by atoms with Crippen LogP contribution in [0.25, 0.3) is 10.8 Å². The zero-order valence-electron chi connectivity index (χ0n) is 15.3. The Hall–Kier alpha value is -0.860. The van der Waals surface area contributed by atoms with Gasteiger partial charge < -0.3 is 9.66 Å². The Labute approximate surface area is 210 Å². The average Bonchev–Trinajstić information content (AvgIpc) is 2.59. The minimum Gasteiger partial charge on any atom is -0.744 e. The van der Waals surface area contributed by atoms with Crippen molar-refractivity contribution < 1.29 is 90.2 Å². The summed E-state index contributed by atoms with van der Waals surface area (Å²) < 4.78 is 65.4. The second-order valence-electron chi connectivity index (χ2n) is 5.34. The van der Waals surface area contributed by atoms with E-state index in [9.17, 15) is 31.0 Å². The summed E-state index contributed by atoms with van der Waals surface area (Å²) >= 11 is 0. The number of hydrogen-bond acceptors (Lipinski definition) is 8. The number of nitrogens with zero attached hydrogens (tertiary/aromatic N) is 2. The molecule has 0 aliphatic rings. The maximum Gasteiger partial charge on any atom is 1.00 e. The van der Waals surface area contributed by atoms with E-state index < -0.39 is 30.0 Å². The number of phenols is 1. The summed E-state index contributed by atoms with van der Waals surface area (Å²) in [6.07, 6.45) is 0. The van der Waals surface area contributed by atoms with Crippen LogP contribution < -0.4 is 59.1 Å². The van der Waals surface area contributed by atoms with Crippen LogP contribution in [0, 0.1) is 6.07 Å². The van der Waals surface area contributed by atoms with E-state index in [2.05, 4.69) is 16.3 Å². The van der Waals surface area contributed by atoms with Crippen LogP contribution >= 0.6 is 0 Å². The molecule has 3 aromatic rings. The zero-order chi connectivity index (χ0) is 19.8. The molecule has 3 rings (SSSR count). The maximum atomic E-state index is 11.4.